The largest absolute Gasteiger partial charge is 0.497 e. The number of rotatable bonds is 10. The van der Waals surface area contributed by atoms with Gasteiger partial charge >= 0.3 is 6.03 Å². The molecule has 2 amide bonds. The van der Waals surface area contributed by atoms with E-state index in [-0.39, 0.29) is 18.1 Å². The Morgan fingerprint density at radius 3 is 2.34 bits per heavy atom. The molecular formula is C29H31N3O6. The zero-order valence-electron chi connectivity index (χ0n) is 21.9. The number of nitrogens with one attached hydrogen (secondary N) is 2. The average molecular weight is 518 g/mol. The molecule has 0 aliphatic rings. The molecule has 4 aromatic rings. The first-order valence-electron chi connectivity index (χ1n) is 12.1. The van der Waals surface area contributed by atoms with E-state index in [1.54, 1.807) is 57.6 Å². The van der Waals surface area contributed by atoms with Crippen molar-refractivity contribution < 1.29 is 23.7 Å². The summed E-state index contributed by atoms with van der Waals surface area (Å²) in [6.07, 6.45) is 0.530. The van der Waals surface area contributed by atoms with Crippen molar-refractivity contribution in [1.29, 1.82) is 0 Å². The summed E-state index contributed by atoms with van der Waals surface area (Å²) in [6, 6.07) is 19.7. The highest BCUT2D eigenvalue weighted by atomic mass is 16.5. The minimum atomic E-state index is -0.357. The second-order valence-electron chi connectivity index (χ2n) is 8.57. The summed E-state index contributed by atoms with van der Waals surface area (Å²) >= 11 is 0. The number of H-pyrrole nitrogens is 1. The number of fused-ring (bicyclic) bond motifs is 1. The van der Waals surface area contributed by atoms with Gasteiger partial charge in [0, 0.05) is 18.2 Å². The van der Waals surface area contributed by atoms with Crippen LogP contribution in [0.5, 0.6) is 23.0 Å². The third-order valence-electron chi connectivity index (χ3n) is 6.25. The molecule has 0 saturated carbocycles. The topological polar surface area (TPSA) is 102 Å². The van der Waals surface area contributed by atoms with Crippen LogP contribution in [-0.4, -0.2) is 50.9 Å². The van der Waals surface area contributed by atoms with Crippen molar-refractivity contribution in [1.82, 2.24) is 9.88 Å². The smallest absolute Gasteiger partial charge is 0.322 e. The second kappa shape index (κ2) is 12.1. The zero-order valence-corrected chi connectivity index (χ0v) is 21.9. The number of hydrogen-bond acceptors (Lipinski definition) is 6. The highest BCUT2D eigenvalue weighted by Crippen LogP contribution is 2.28. The molecule has 0 fully saturated rings. The number of carbonyl (C=O) groups excluding carboxylic acids is 1. The van der Waals surface area contributed by atoms with Gasteiger partial charge in [-0.2, -0.15) is 0 Å². The van der Waals surface area contributed by atoms with Crippen LogP contribution in [0.15, 0.2) is 71.5 Å². The van der Waals surface area contributed by atoms with E-state index in [2.05, 4.69) is 10.3 Å². The van der Waals surface area contributed by atoms with Gasteiger partial charge in [-0.25, -0.2) is 4.79 Å². The van der Waals surface area contributed by atoms with E-state index in [0.717, 1.165) is 10.9 Å². The molecular weight excluding hydrogens is 486 g/mol. The number of para-hydroxylation sites is 2. The van der Waals surface area contributed by atoms with Crippen LogP contribution in [0, 0.1) is 0 Å². The first kappa shape index (κ1) is 26.4. The summed E-state index contributed by atoms with van der Waals surface area (Å²) in [6.45, 7) is 0.447. The van der Waals surface area contributed by atoms with Gasteiger partial charge in [0.25, 0.3) is 5.56 Å². The average Bonchev–Trinajstić information content (AvgIpc) is 2.95. The monoisotopic (exact) mass is 517 g/mol. The number of benzene rings is 3. The molecule has 38 heavy (non-hydrogen) atoms. The Labute approximate surface area is 220 Å². The van der Waals surface area contributed by atoms with E-state index >= 15 is 0 Å². The van der Waals surface area contributed by atoms with Crippen LogP contribution in [0.1, 0.15) is 11.1 Å². The molecule has 1 heterocycles. The van der Waals surface area contributed by atoms with Crippen molar-refractivity contribution in [2.24, 2.45) is 0 Å². The van der Waals surface area contributed by atoms with Gasteiger partial charge in [-0.05, 0) is 59.8 Å². The maximum absolute atomic E-state index is 13.5. The molecule has 0 aliphatic heterocycles. The van der Waals surface area contributed by atoms with E-state index in [1.165, 1.54) is 0 Å². The van der Waals surface area contributed by atoms with Crippen molar-refractivity contribution in [2.75, 3.05) is 40.3 Å². The fourth-order valence-electron chi connectivity index (χ4n) is 4.17. The van der Waals surface area contributed by atoms with E-state index in [0.29, 0.717) is 52.7 Å². The number of aromatic nitrogens is 1. The molecule has 0 spiro atoms. The van der Waals surface area contributed by atoms with Crippen LogP contribution >= 0.6 is 0 Å². The first-order chi connectivity index (χ1) is 18.4. The minimum Gasteiger partial charge on any atom is -0.497 e. The molecule has 1 aromatic heterocycles. The number of amides is 2. The standard InChI is InChI=1S/C29H31N3O6/c1-35-22-11-10-20-16-21(28(33)30-24(20)17-22)18-32(29(34)31-23-7-5-6-8-25(23)36-2)14-13-19-9-12-26(37-3)27(15-19)38-4/h5-12,15-17H,13-14,18H2,1-4H3,(H,30,33)(H,31,34). The molecule has 0 aliphatic carbocycles. The van der Waals surface area contributed by atoms with Gasteiger partial charge < -0.3 is 34.1 Å². The molecule has 9 heteroatoms. The molecule has 3 aromatic carbocycles. The van der Waals surface area contributed by atoms with Crippen molar-refractivity contribution in [3.05, 3.63) is 88.2 Å². The molecule has 0 saturated heterocycles. The lowest BCUT2D eigenvalue weighted by atomic mass is 10.1. The fourth-order valence-corrected chi connectivity index (χ4v) is 4.17. The summed E-state index contributed by atoms with van der Waals surface area (Å²) < 4.78 is 21.4. The molecule has 2 N–H and O–H groups in total. The summed E-state index contributed by atoms with van der Waals surface area (Å²) in [5.41, 5.74) is 2.35. The van der Waals surface area contributed by atoms with Gasteiger partial charge in [-0.15, -0.1) is 0 Å². The number of urea groups is 1. The lowest BCUT2D eigenvalue weighted by Gasteiger charge is -2.24. The van der Waals surface area contributed by atoms with E-state index in [1.807, 2.05) is 42.5 Å². The van der Waals surface area contributed by atoms with E-state index < -0.39 is 0 Å². The fraction of sp³-hybridized carbons (Fsp3) is 0.241. The minimum absolute atomic E-state index is 0.103. The van der Waals surface area contributed by atoms with E-state index in [9.17, 15) is 9.59 Å². The Bertz CT molecular complexity index is 1480. The highest BCUT2D eigenvalue weighted by Gasteiger charge is 2.18. The summed E-state index contributed by atoms with van der Waals surface area (Å²) in [5, 5.41) is 3.76. The van der Waals surface area contributed by atoms with Crippen molar-refractivity contribution in [2.45, 2.75) is 13.0 Å². The summed E-state index contributed by atoms with van der Waals surface area (Å²) in [5.74, 6) is 2.42. The molecule has 198 valence electrons. The number of methoxy groups -OCH3 is 4. The number of aromatic amines is 1. The van der Waals surface area contributed by atoms with Crippen LogP contribution in [0.2, 0.25) is 0 Å². The van der Waals surface area contributed by atoms with Crippen molar-refractivity contribution in [3.63, 3.8) is 0 Å². The Morgan fingerprint density at radius 1 is 0.842 bits per heavy atom. The van der Waals surface area contributed by atoms with Crippen LogP contribution in [0.4, 0.5) is 10.5 Å². The lowest BCUT2D eigenvalue weighted by molar-refractivity contribution is 0.209. The maximum atomic E-state index is 13.5. The van der Waals surface area contributed by atoms with E-state index in [4.69, 9.17) is 18.9 Å². The third-order valence-corrected chi connectivity index (χ3v) is 6.25. The van der Waals surface area contributed by atoms with Gasteiger partial charge in [0.2, 0.25) is 0 Å². The third kappa shape index (κ3) is 6.00. The van der Waals surface area contributed by atoms with Gasteiger partial charge in [-0.3, -0.25) is 4.79 Å². The molecule has 0 radical (unpaired) electrons. The van der Waals surface area contributed by atoms with Crippen LogP contribution in [-0.2, 0) is 13.0 Å². The van der Waals surface area contributed by atoms with Gasteiger partial charge in [0.15, 0.2) is 11.5 Å². The predicted molar refractivity (Wildman–Crippen MR) is 147 cm³/mol. The number of anilines is 1. The lowest BCUT2D eigenvalue weighted by Crippen LogP contribution is -2.37. The molecule has 0 atom stereocenters. The molecule has 0 unspecified atom stereocenters. The maximum Gasteiger partial charge on any atom is 0.322 e. The first-order valence-corrected chi connectivity index (χ1v) is 12.1. The quantitative estimate of drug-likeness (QED) is 0.312. The molecule has 0 bridgehead atoms. The molecule has 4 rings (SSSR count). The Morgan fingerprint density at radius 2 is 1.61 bits per heavy atom. The van der Waals surface area contributed by atoms with Crippen LogP contribution in [0.25, 0.3) is 10.9 Å². The van der Waals surface area contributed by atoms with Gasteiger partial charge in [-0.1, -0.05) is 18.2 Å². The van der Waals surface area contributed by atoms with Crippen molar-refractivity contribution >= 4 is 22.6 Å². The number of hydrogen-bond donors (Lipinski definition) is 2. The Kier molecular flexibility index (Phi) is 8.37. The van der Waals surface area contributed by atoms with Crippen molar-refractivity contribution in [3.8, 4) is 23.0 Å². The summed E-state index contributed by atoms with van der Waals surface area (Å²) in [7, 11) is 6.28. The summed E-state index contributed by atoms with van der Waals surface area (Å²) in [4.78, 5) is 30.9. The zero-order chi connectivity index (χ0) is 27.1. The highest BCUT2D eigenvalue weighted by molar-refractivity contribution is 5.91. The molecule has 9 nitrogen and oxygen atoms in total. The van der Waals surface area contributed by atoms with Gasteiger partial charge in [0.05, 0.1) is 46.2 Å². The Hall–Kier alpha value is -4.66. The second-order valence-corrected chi connectivity index (χ2v) is 8.57. The van der Waals surface area contributed by atoms with Gasteiger partial charge in [0.1, 0.15) is 11.5 Å². The number of pyridine rings is 1. The Balaban J connectivity index is 1.62. The van der Waals surface area contributed by atoms with Crippen LogP contribution in [0.3, 0.4) is 0 Å². The number of ether oxygens (including phenoxy) is 4. The SMILES string of the molecule is COc1ccc2cc(CN(CCc3ccc(OC)c(OC)c3)C(=O)Nc3ccccc3OC)c(=O)[nH]c2c1. The number of carbonyl (C=O) groups is 1. The number of nitrogens with zero attached hydrogens (tertiary/aromatic N) is 1. The van der Waals surface area contributed by atoms with Crippen LogP contribution < -0.4 is 29.8 Å². The predicted octanol–water partition coefficient (Wildman–Crippen LogP) is 4.84. The normalized spacial score (nSPS) is 10.6.